The van der Waals surface area contributed by atoms with E-state index in [1.54, 1.807) is 0 Å². The van der Waals surface area contributed by atoms with Crippen LogP contribution in [0.2, 0.25) is 5.02 Å². The predicted molar refractivity (Wildman–Crippen MR) is 121 cm³/mol. The average molecular weight is 603 g/mol. The summed E-state index contributed by atoms with van der Waals surface area (Å²) >= 11 is 5.60. The first-order chi connectivity index (χ1) is 18.4. The van der Waals surface area contributed by atoms with Gasteiger partial charge in [0.25, 0.3) is 5.91 Å². The third kappa shape index (κ3) is 8.21. The zero-order valence-electron chi connectivity index (χ0n) is 19.2. The van der Waals surface area contributed by atoms with Gasteiger partial charge in [0, 0.05) is 23.0 Å². The van der Waals surface area contributed by atoms with Crippen LogP contribution in [-0.2, 0) is 6.18 Å². The van der Waals surface area contributed by atoms with Gasteiger partial charge in [-0.1, -0.05) is 17.7 Å². The fourth-order valence-corrected chi connectivity index (χ4v) is 3.48. The summed E-state index contributed by atoms with van der Waals surface area (Å²) in [5.74, 6) is -7.46. The molecule has 1 amide bonds. The first-order valence-corrected chi connectivity index (χ1v) is 10.9. The number of nitrogens with one attached hydrogen (secondary N) is 2. The van der Waals surface area contributed by atoms with E-state index in [0.29, 0.717) is 30.3 Å². The number of rotatable bonds is 7. The number of ether oxygens (including phenoxy) is 1. The van der Waals surface area contributed by atoms with E-state index < -0.39 is 69.4 Å². The lowest BCUT2D eigenvalue weighted by Gasteiger charge is -2.20. The van der Waals surface area contributed by atoms with Gasteiger partial charge in [0.1, 0.15) is 17.5 Å². The lowest BCUT2D eigenvalue weighted by Crippen LogP contribution is -2.32. The first kappa shape index (κ1) is 30.5. The van der Waals surface area contributed by atoms with Crippen LogP contribution < -0.4 is 15.6 Å². The molecule has 0 aliphatic rings. The van der Waals surface area contributed by atoms with Crippen molar-refractivity contribution >= 4 is 29.3 Å². The molecule has 1 atom stereocenters. The Hall–Kier alpha value is -4.08. The van der Waals surface area contributed by atoms with E-state index in [1.165, 1.54) is 18.5 Å². The van der Waals surface area contributed by atoms with E-state index in [2.05, 4.69) is 20.1 Å². The Morgan fingerprint density at radius 1 is 0.950 bits per heavy atom. The SMILES string of the molecule is O=C(NNc1ncccn1)c1ccc(C(F)=CC(c2cc(Cl)cc(OC(F)(F)F)c2)C(F)(F)F)cc1C(F)(F)F. The van der Waals surface area contributed by atoms with Crippen molar-refractivity contribution in [3.05, 3.63) is 88.2 Å². The molecule has 0 saturated heterocycles. The zero-order valence-corrected chi connectivity index (χ0v) is 20.0. The number of hydrazine groups is 1. The largest absolute Gasteiger partial charge is 0.573 e. The molecule has 0 aliphatic heterocycles. The standard InChI is InChI=1S/C23H13ClF10N4O2/c24-13-6-12(7-14(9-13)40-23(32,33)34)16(21(26,27)28)10-18(25)11-2-3-15(17(8-11)22(29,30)31)19(39)37-38-20-35-4-1-5-36-20/h1-10,16H,(H,37,39)(H,35,36,38). The molecule has 3 aromatic rings. The zero-order chi connectivity index (χ0) is 29.9. The molecule has 2 aromatic carbocycles. The number of aromatic nitrogens is 2. The predicted octanol–water partition coefficient (Wildman–Crippen LogP) is 7.46. The third-order valence-corrected chi connectivity index (χ3v) is 5.07. The molecule has 0 aliphatic carbocycles. The number of allylic oxidation sites excluding steroid dienone is 1. The van der Waals surface area contributed by atoms with Crippen LogP contribution in [-0.4, -0.2) is 28.4 Å². The molecule has 0 radical (unpaired) electrons. The maximum Gasteiger partial charge on any atom is 0.573 e. The Balaban J connectivity index is 1.99. The van der Waals surface area contributed by atoms with Crippen molar-refractivity contribution in [2.45, 2.75) is 24.6 Å². The van der Waals surface area contributed by atoms with Crippen molar-refractivity contribution in [2.75, 3.05) is 5.43 Å². The summed E-state index contributed by atoms with van der Waals surface area (Å²) in [6, 6.07) is 4.10. The highest BCUT2D eigenvalue weighted by atomic mass is 35.5. The number of hydrogen-bond acceptors (Lipinski definition) is 5. The Morgan fingerprint density at radius 3 is 2.17 bits per heavy atom. The molecule has 17 heteroatoms. The summed E-state index contributed by atoms with van der Waals surface area (Å²) in [6.07, 6.45) is -13.5. The van der Waals surface area contributed by atoms with Gasteiger partial charge in [0.05, 0.1) is 11.1 Å². The monoisotopic (exact) mass is 602 g/mol. The van der Waals surface area contributed by atoms with E-state index in [9.17, 15) is 48.7 Å². The number of nitrogens with zero attached hydrogens (tertiary/aromatic N) is 2. The molecule has 2 N–H and O–H groups in total. The maximum absolute atomic E-state index is 15.0. The second kappa shape index (κ2) is 11.6. The lowest BCUT2D eigenvalue weighted by molar-refractivity contribution is -0.274. The van der Waals surface area contributed by atoms with Crippen LogP contribution in [0.15, 0.2) is 60.9 Å². The fraction of sp³-hybridized carbons (Fsp3) is 0.174. The first-order valence-electron chi connectivity index (χ1n) is 10.5. The minimum absolute atomic E-state index is 0.101. The lowest BCUT2D eigenvalue weighted by atomic mass is 9.95. The Bertz CT molecular complexity index is 1390. The van der Waals surface area contributed by atoms with Gasteiger partial charge in [-0.2, -0.15) is 26.3 Å². The quantitative estimate of drug-likeness (QED) is 0.217. The Morgan fingerprint density at radius 2 is 1.60 bits per heavy atom. The van der Waals surface area contributed by atoms with Gasteiger partial charge in [-0.3, -0.25) is 15.6 Å². The van der Waals surface area contributed by atoms with Gasteiger partial charge in [0.15, 0.2) is 0 Å². The number of halogens is 11. The number of carbonyl (C=O) groups is 1. The van der Waals surface area contributed by atoms with Crippen LogP contribution in [0.1, 0.15) is 33.0 Å². The topological polar surface area (TPSA) is 76.1 Å². The van der Waals surface area contributed by atoms with E-state index in [0.717, 1.165) is 0 Å². The van der Waals surface area contributed by atoms with Crippen molar-refractivity contribution in [1.82, 2.24) is 15.4 Å². The van der Waals surface area contributed by atoms with Crippen molar-refractivity contribution in [3.63, 3.8) is 0 Å². The second-order valence-corrected chi connectivity index (χ2v) is 8.15. The number of benzene rings is 2. The summed E-state index contributed by atoms with van der Waals surface area (Å²) in [6.45, 7) is 0. The highest BCUT2D eigenvalue weighted by molar-refractivity contribution is 6.30. The van der Waals surface area contributed by atoms with Gasteiger partial charge in [-0.05, 0) is 48.0 Å². The minimum Gasteiger partial charge on any atom is -0.406 e. The molecule has 1 heterocycles. The number of hydrogen-bond donors (Lipinski definition) is 2. The van der Waals surface area contributed by atoms with Gasteiger partial charge in [-0.25, -0.2) is 14.4 Å². The van der Waals surface area contributed by atoms with Gasteiger partial charge in [-0.15, -0.1) is 13.2 Å². The summed E-state index contributed by atoms with van der Waals surface area (Å²) in [5.41, 5.74) is -0.669. The summed E-state index contributed by atoms with van der Waals surface area (Å²) < 4.78 is 139. The number of carbonyl (C=O) groups excluding carboxylic acids is 1. The molecular formula is C23H13ClF10N4O2. The molecule has 0 bridgehead atoms. The molecule has 0 saturated carbocycles. The molecule has 6 nitrogen and oxygen atoms in total. The molecular weight excluding hydrogens is 590 g/mol. The van der Waals surface area contributed by atoms with E-state index >= 15 is 0 Å². The van der Waals surface area contributed by atoms with Crippen LogP contribution in [0.4, 0.5) is 49.9 Å². The number of anilines is 1. The Kier molecular flexibility index (Phi) is 8.81. The molecule has 3 rings (SSSR count). The van der Waals surface area contributed by atoms with Gasteiger partial charge >= 0.3 is 18.7 Å². The van der Waals surface area contributed by atoms with E-state index in [4.69, 9.17) is 11.6 Å². The van der Waals surface area contributed by atoms with E-state index in [-0.39, 0.29) is 18.1 Å². The van der Waals surface area contributed by atoms with Crippen LogP contribution in [0.25, 0.3) is 5.83 Å². The highest BCUT2D eigenvalue weighted by Gasteiger charge is 2.41. The molecule has 0 spiro atoms. The van der Waals surface area contributed by atoms with Crippen LogP contribution in [0.5, 0.6) is 5.75 Å². The Labute approximate surface area is 222 Å². The van der Waals surface area contributed by atoms with Crippen molar-refractivity contribution in [3.8, 4) is 5.75 Å². The third-order valence-electron chi connectivity index (χ3n) is 4.85. The van der Waals surface area contributed by atoms with Crippen molar-refractivity contribution < 1.29 is 53.4 Å². The number of alkyl halides is 9. The fourth-order valence-electron chi connectivity index (χ4n) is 3.25. The minimum atomic E-state index is -5.32. The smallest absolute Gasteiger partial charge is 0.406 e. The summed E-state index contributed by atoms with van der Waals surface area (Å²) in [5, 5.41) is -0.621. The second-order valence-electron chi connectivity index (χ2n) is 7.71. The van der Waals surface area contributed by atoms with Crippen LogP contribution >= 0.6 is 11.6 Å². The molecule has 214 valence electrons. The molecule has 40 heavy (non-hydrogen) atoms. The molecule has 1 unspecified atom stereocenters. The normalized spacial score (nSPS) is 13.5. The highest BCUT2D eigenvalue weighted by Crippen LogP contribution is 2.42. The van der Waals surface area contributed by atoms with Gasteiger partial charge < -0.3 is 4.74 Å². The van der Waals surface area contributed by atoms with Crippen LogP contribution in [0, 0.1) is 0 Å². The van der Waals surface area contributed by atoms with Crippen molar-refractivity contribution in [1.29, 1.82) is 0 Å². The summed E-state index contributed by atoms with van der Waals surface area (Å²) in [4.78, 5) is 19.7. The maximum atomic E-state index is 15.0. The van der Waals surface area contributed by atoms with Crippen LogP contribution in [0.3, 0.4) is 0 Å². The average Bonchev–Trinajstić information content (AvgIpc) is 2.83. The summed E-state index contributed by atoms with van der Waals surface area (Å²) in [7, 11) is 0. The molecule has 1 aromatic heterocycles. The number of amides is 1. The van der Waals surface area contributed by atoms with Crippen molar-refractivity contribution in [2.24, 2.45) is 0 Å². The molecule has 0 fully saturated rings. The van der Waals surface area contributed by atoms with Gasteiger partial charge in [0.2, 0.25) is 5.95 Å². The van der Waals surface area contributed by atoms with E-state index in [1.807, 2.05) is 5.43 Å².